The van der Waals surface area contributed by atoms with E-state index in [1.165, 1.54) is 5.56 Å². The van der Waals surface area contributed by atoms with Crippen molar-refractivity contribution >= 4 is 5.97 Å². The van der Waals surface area contributed by atoms with Crippen LogP contribution in [-0.2, 0) is 4.79 Å². The summed E-state index contributed by atoms with van der Waals surface area (Å²) in [6, 6.07) is 3.73. The molecule has 80 valence electrons. The van der Waals surface area contributed by atoms with Crippen LogP contribution in [0.3, 0.4) is 0 Å². The highest BCUT2D eigenvalue weighted by Gasteiger charge is 2.07. The van der Waals surface area contributed by atoms with E-state index in [4.69, 9.17) is 4.74 Å². The Bertz CT molecular complexity index is 394. The number of hydrogen-bond acceptors (Lipinski definition) is 2. The molecular formula is C13H16O2. The average molecular weight is 204 g/mol. The molecule has 0 atom stereocenters. The van der Waals surface area contributed by atoms with Gasteiger partial charge in [-0.2, -0.15) is 0 Å². The molecule has 0 unspecified atom stereocenters. The SMILES string of the molecule is C=C(C)C(=O)Oc1cc(C)c(C)c(C)c1. The van der Waals surface area contributed by atoms with Gasteiger partial charge in [-0.3, -0.25) is 0 Å². The van der Waals surface area contributed by atoms with Crippen molar-refractivity contribution in [2.45, 2.75) is 27.7 Å². The molecule has 0 saturated heterocycles. The fourth-order valence-electron chi connectivity index (χ4n) is 1.25. The fraction of sp³-hybridized carbons (Fsp3) is 0.308. The van der Waals surface area contributed by atoms with Crippen LogP contribution in [0.5, 0.6) is 5.75 Å². The van der Waals surface area contributed by atoms with Crippen molar-refractivity contribution in [2.24, 2.45) is 0 Å². The first-order valence-corrected chi connectivity index (χ1v) is 4.87. The van der Waals surface area contributed by atoms with Gasteiger partial charge >= 0.3 is 5.97 Å². The van der Waals surface area contributed by atoms with Crippen LogP contribution in [0.25, 0.3) is 0 Å². The summed E-state index contributed by atoms with van der Waals surface area (Å²) in [5.41, 5.74) is 3.88. The summed E-state index contributed by atoms with van der Waals surface area (Å²) in [5.74, 6) is 0.209. The predicted molar refractivity (Wildman–Crippen MR) is 61.1 cm³/mol. The van der Waals surface area contributed by atoms with E-state index in [1.54, 1.807) is 6.92 Å². The molecule has 0 amide bonds. The van der Waals surface area contributed by atoms with E-state index >= 15 is 0 Å². The van der Waals surface area contributed by atoms with Gasteiger partial charge in [-0.15, -0.1) is 0 Å². The second kappa shape index (κ2) is 4.30. The first kappa shape index (κ1) is 11.5. The van der Waals surface area contributed by atoms with Crippen LogP contribution in [-0.4, -0.2) is 5.97 Å². The molecule has 0 radical (unpaired) electrons. The first-order chi connectivity index (χ1) is 6.91. The highest BCUT2D eigenvalue weighted by Crippen LogP contribution is 2.21. The maximum atomic E-state index is 11.3. The lowest BCUT2D eigenvalue weighted by molar-refractivity contribution is -0.130. The number of hydrogen-bond donors (Lipinski definition) is 0. The summed E-state index contributed by atoms with van der Waals surface area (Å²) in [6.45, 7) is 11.2. The number of aryl methyl sites for hydroxylation is 2. The summed E-state index contributed by atoms with van der Waals surface area (Å²) in [4.78, 5) is 11.3. The van der Waals surface area contributed by atoms with E-state index < -0.39 is 0 Å². The van der Waals surface area contributed by atoms with E-state index in [9.17, 15) is 4.79 Å². The van der Waals surface area contributed by atoms with Crippen molar-refractivity contribution in [1.82, 2.24) is 0 Å². The lowest BCUT2D eigenvalue weighted by Gasteiger charge is -2.09. The molecule has 1 aromatic rings. The van der Waals surface area contributed by atoms with Crippen LogP contribution in [0, 0.1) is 20.8 Å². The van der Waals surface area contributed by atoms with Gasteiger partial charge in [0.05, 0.1) is 0 Å². The summed E-state index contributed by atoms with van der Waals surface area (Å²) >= 11 is 0. The van der Waals surface area contributed by atoms with E-state index in [1.807, 2.05) is 26.0 Å². The van der Waals surface area contributed by atoms with Gasteiger partial charge in [-0.25, -0.2) is 4.79 Å². The molecule has 0 saturated carbocycles. The maximum Gasteiger partial charge on any atom is 0.338 e. The molecule has 1 rings (SSSR count). The zero-order valence-corrected chi connectivity index (χ0v) is 9.68. The van der Waals surface area contributed by atoms with Gasteiger partial charge in [0.25, 0.3) is 0 Å². The minimum Gasteiger partial charge on any atom is -0.423 e. The first-order valence-electron chi connectivity index (χ1n) is 4.87. The molecule has 0 fully saturated rings. The van der Waals surface area contributed by atoms with Crippen LogP contribution >= 0.6 is 0 Å². The Morgan fingerprint density at radius 1 is 1.20 bits per heavy atom. The van der Waals surface area contributed by atoms with Gasteiger partial charge < -0.3 is 4.74 Å². The van der Waals surface area contributed by atoms with Crippen molar-refractivity contribution in [2.75, 3.05) is 0 Å². The Hall–Kier alpha value is -1.57. The maximum absolute atomic E-state index is 11.3. The number of ether oxygens (including phenoxy) is 1. The monoisotopic (exact) mass is 204 g/mol. The third kappa shape index (κ3) is 2.69. The number of carbonyl (C=O) groups excluding carboxylic acids is 1. The average Bonchev–Trinajstić information content (AvgIpc) is 2.13. The quantitative estimate of drug-likeness (QED) is 0.420. The minimum atomic E-state index is -0.377. The normalized spacial score (nSPS) is 9.87. The van der Waals surface area contributed by atoms with Crippen molar-refractivity contribution in [3.05, 3.63) is 41.0 Å². The molecule has 0 aliphatic carbocycles. The fourth-order valence-corrected chi connectivity index (χ4v) is 1.25. The van der Waals surface area contributed by atoms with Crippen LogP contribution < -0.4 is 4.74 Å². The molecule has 0 spiro atoms. The Balaban J connectivity index is 2.98. The van der Waals surface area contributed by atoms with Crippen molar-refractivity contribution in [3.63, 3.8) is 0 Å². The molecule has 2 heteroatoms. The van der Waals surface area contributed by atoms with Gasteiger partial charge in [-0.1, -0.05) is 6.58 Å². The zero-order valence-electron chi connectivity index (χ0n) is 9.68. The summed E-state index contributed by atoms with van der Waals surface area (Å²) in [6.07, 6.45) is 0. The molecule has 0 N–H and O–H groups in total. The molecule has 0 heterocycles. The van der Waals surface area contributed by atoms with E-state index in [0.717, 1.165) is 11.1 Å². The molecule has 1 aromatic carbocycles. The lowest BCUT2D eigenvalue weighted by atomic mass is 10.0. The summed E-state index contributed by atoms with van der Waals surface area (Å²) in [7, 11) is 0. The molecule has 0 aromatic heterocycles. The number of benzene rings is 1. The van der Waals surface area contributed by atoms with Gasteiger partial charge in [-0.05, 0) is 56.5 Å². The Kier molecular flexibility index (Phi) is 3.30. The largest absolute Gasteiger partial charge is 0.423 e. The van der Waals surface area contributed by atoms with Crippen LogP contribution in [0.4, 0.5) is 0 Å². The van der Waals surface area contributed by atoms with E-state index in [0.29, 0.717) is 11.3 Å². The zero-order chi connectivity index (χ0) is 11.6. The molecule has 0 bridgehead atoms. The van der Waals surface area contributed by atoms with E-state index in [2.05, 4.69) is 13.5 Å². The Morgan fingerprint density at radius 3 is 2.07 bits per heavy atom. The standard InChI is InChI=1S/C13H16O2/c1-8(2)13(14)15-12-6-9(3)11(5)10(4)7-12/h6-7H,1H2,2-5H3. The molecule has 0 aliphatic rings. The predicted octanol–water partition coefficient (Wildman–Crippen LogP) is 3.09. The third-order valence-corrected chi connectivity index (χ3v) is 2.46. The number of carbonyl (C=O) groups is 1. The third-order valence-electron chi connectivity index (χ3n) is 2.46. The van der Waals surface area contributed by atoms with Gasteiger partial charge in [0, 0.05) is 5.57 Å². The molecular weight excluding hydrogens is 188 g/mol. The number of rotatable bonds is 2. The lowest BCUT2D eigenvalue weighted by Crippen LogP contribution is -2.08. The second-order valence-electron chi connectivity index (χ2n) is 3.85. The minimum absolute atomic E-state index is 0.377. The highest BCUT2D eigenvalue weighted by molar-refractivity contribution is 5.88. The van der Waals surface area contributed by atoms with Crippen LogP contribution in [0.1, 0.15) is 23.6 Å². The topological polar surface area (TPSA) is 26.3 Å². The van der Waals surface area contributed by atoms with Crippen molar-refractivity contribution < 1.29 is 9.53 Å². The molecule has 2 nitrogen and oxygen atoms in total. The van der Waals surface area contributed by atoms with Gasteiger partial charge in [0.1, 0.15) is 5.75 Å². The number of esters is 1. The Morgan fingerprint density at radius 2 is 1.67 bits per heavy atom. The van der Waals surface area contributed by atoms with Crippen LogP contribution in [0.15, 0.2) is 24.3 Å². The van der Waals surface area contributed by atoms with Gasteiger partial charge in [0.15, 0.2) is 0 Å². The molecule has 0 aliphatic heterocycles. The summed E-state index contributed by atoms with van der Waals surface area (Å²) in [5, 5.41) is 0. The van der Waals surface area contributed by atoms with Crippen molar-refractivity contribution in [3.8, 4) is 5.75 Å². The Labute approximate surface area is 90.6 Å². The van der Waals surface area contributed by atoms with Crippen molar-refractivity contribution in [1.29, 1.82) is 0 Å². The van der Waals surface area contributed by atoms with Crippen LogP contribution in [0.2, 0.25) is 0 Å². The summed E-state index contributed by atoms with van der Waals surface area (Å²) < 4.78 is 5.15. The van der Waals surface area contributed by atoms with Gasteiger partial charge in [0.2, 0.25) is 0 Å². The second-order valence-corrected chi connectivity index (χ2v) is 3.85. The molecule has 15 heavy (non-hydrogen) atoms. The van der Waals surface area contributed by atoms with E-state index in [-0.39, 0.29) is 5.97 Å². The highest BCUT2D eigenvalue weighted by atomic mass is 16.5. The smallest absolute Gasteiger partial charge is 0.338 e.